The zero-order valence-electron chi connectivity index (χ0n) is 13.9. The molecular formula is C17H30N2O2. The van der Waals surface area contributed by atoms with Crippen molar-refractivity contribution >= 4 is 11.8 Å². The van der Waals surface area contributed by atoms with E-state index in [1.54, 1.807) is 0 Å². The average molecular weight is 294 g/mol. The highest BCUT2D eigenvalue weighted by Crippen LogP contribution is 2.30. The van der Waals surface area contributed by atoms with Crippen molar-refractivity contribution in [1.29, 1.82) is 0 Å². The molecule has 0 spiro atoms. The molecule has 0 aromatic carbocycles. The first-order valence-electron chi connectivity index (χ1n) is 8.54. The molecule has 0 radical (unpaired) electrons. The van der Waals surface area contributed by atoms with Crippen LogP contribution in [0.5, 0.6) is 0 Å². The molecule has 0 aromatic heterocycles. The number of carbonyl (C=O) groups is 2. The molecule has 2 rings (SSSR count). The van der Waals surface area contributed by atoms with Crippen LogP contribution in [0.1, 0.15) is 59.8 Å². The number of piperazine rings is 1. The van der Waals surface area contributed by atoms with Gasteiger partial charge in [-0.25, -0.2) is 0 Å². The van der Waals surface area contributed by atoms with Gasteiger partial charge in [-0.05, 0) is 37.0 Å². The van der Waals surface area contributed by atoms with Crippen LogP contribution in [0.3, 0.4) is 0 Å². The van der Waals surface area contributed by atoms with Crippen LogP contribution in [0.4, 0.5) is 0 Å². The van der Waals surface area contributed by atoms with E-state index in [4.69, 9.17) is 0 Å². The van der Waals surface area contributed by atoms with E-state index in [-0.39, 0.29) is 29.8 Å². The predicted octanol–water partition coefficient (Wildman–Crippen LogP) is 2.57. The summed E-state index contributed by atoms with van der Waals surface area (Å²) in [5, 5.41) is 2.91. The second-order valence-electron chi connectivity index (χ2n) is 7.27. The van der Waals surface area contributed by atoms with Crippen LogP contribution in [-0.2, 0) is 9.59 Å². The third kappa shape index (κ3) is 3.58. The van der Waals surface area contributed by atoms with E-state index in [1.807, 2.05) is 25.7 Å². The summed E-state index contributed by atoms with van der Waals surface area (Å²) < 4.78 is 0. The molecule has 1 saturated heterocycles. The second kappa shape index (κ2) is 6.80. The lowest BCUT2D eigenvalue weighted by atomic mass is 9.82. The van der Waals surface area contributed by atoms with Crippen molar-refractivity contribution in [1.82, 2.24) is 10.2 Å². The lowest BCUT2D eigenvalue weighted by Crippen LogP contribution is -2.65. The van der Waals surface area contributed by atoms with Crippen LogP contribution in [0.2, 0.25) is 0 Å². The second-order valence-corrected chi connectivity index (χ2v) is 7.27. The Morgan fingerprint density at radius 3 is 2.33 bits per heavy atom. The number of amides is 2. The fraction of sp³-hybridized carbons (Fsp3) is 0.882. The minimum absolute atomic E-state index is 0.0278. The van der Waals surface area contributed by atoms with E-state index in [0.717, 1.165) is 12.5 Å². The first-order valence-corrected chi connectivity index (χ1v) is 8.54. The molecule has 1 heterocycles. The molecule has 1 saturated carbocycles. The fourth-order valence-electron chi connectivity index (χ4n) is 3.65. The molecule has 4 heteroatoms. The Kier molecular flexibility index (Phi) is 5.28. The van der Waals surface area contributed by atoms with Crippen LogP contribution in [0.15, 0.2) is 0 Å². The SMILES string of the molecule is CCC1C(=O)NC(C(C)C)C(=O)N1CC1CCC(C)CC1. The van der Waals surface area contributed by atoms with Gasteiger partial charge in [-0.15, -0.1) is 0 Å². The molecule has 2 aliphatic rings. The molecule has 1 N–H and O–H groups in total. The van der Waals surface area contributed by atoms with Gasteiger partial charge < -0.3 is 10.2 Å². The number of rotatable bonds is 4. The van der Waals surface area contributed by atoms with Gasteiger partial charge >= 0.3 is 0 Å². The quantitative estimate of drug-likeness (QED) is 0.866. The first kappa shape index (κ1) is 16.3. The highest BCUT2D eigenvalue weighted by Gasteiger charge is 2.41. The minimum Gasteiger partial charge on any atom is -0.342 e. The molecular weight excluding hydrogens is 264 g/mol. The van der Waals surface area contributed by atoms with Crippen molar-refractivity contribution < 1.29 is 9.59 Å². The fourth-order valence-corrected chi connectivity index (χ4v) is 3.65. The zero-order valence-corrected chi connectivity index (χ0v) is 13.9. The highest BCUT2D eigenvalue weighted by molar-refractivity contribution is 5.97. The van der Waals surface area contributed by atoms with Crippen molar-refractivity contribution in [2.24, 2.45) is 17.8 Å². The summed E-state index contributed by atoms with van der Waals surface area (Å²) in [5.41, 5.74) is 0. The normalized spacial score (nSPS) is 34.2. The third-order valence-electron chi connectivity index (χ3n) is 5.17. The maximum atomic E-state index is 12.7. The Morgan fingerprint density at radius 1 is 1.19 bits per heavy atom. The topological polar surface area (TPSA) is 49.4 Å². The smallest absolute Gasteiger partial charge is 0.246 e. The van der Waals surface area contributed by atoms with E-state index in [2.05, 4.69) is 12.2 Å². The molecule has 2 atom stereocenters. The number of hydrogen-bond donors (Lipinski definition) is 1. The standard InChI is InChI=1S/C17H30N2O2/c1-5-14-16(20)18-15(11(2)3)17(21)19(14)10-13-8-6-12(4)7-9-13/h11-15H,5-10H2,1-4H3,(H,18,20). The lowest BCUT2D eigenvalue weighted by Gasteiger charge is -2.42. The number of carbonyl (C=O) groups excluding carboxylic acids is 2. The molecule has 0 aromatic rings. The molecule has 0 bridgehead atoms. The third-order valence-corrected chi connectivity index (χ3v) is 5.17. The van der Waals surface area contributed by atoms with Gasteiger partial charge in [0.15, 0.2) is 0 Å². The maximum Gasteiger partial charge on any atom is 0.246 e. The summed E-state index contributed by atoms with van der Waals surface area (Å²) in [6.45, 7) is 9.05. The van der Waals surface area contributed by atoms with E-state index in [9.17, 15) is 9.59 Å². The Hall–Kier alpha value is -1.06. The molecule has 1 aliphatic heterocycles. The summed E-state index contributed by atoms with van der Waals surface area (Å²) in [5.74, 6) is 1.67. The Balaban J connectivity index is 2.08. The molecule has 2 unspecified atom stereocenters. The molecule has 4 nitrogen and oxygen atoms in total. The van der Waals surface area contributed by atoms with Gasteiger partial charge in [0.1, 0.15) is 12.1 Å². The van der Waals surface area contributed by atoms with Gasteiger partial charge in [0.25, 0.3) is 0 Å². The maximum absolute atomic E-state index is 12.7. The largest absolute Gasteiger partial charge is 0.342 e. The summed E-state index contributed by atoms with van der Waals surface area (Å²) in [6.07, 6.45) is 5.59. The van der Waals surface area contributed by atoms with Crippen molar-refractivity contribution in [2.75, 3.05) is 6.54 Å². The van der Waals surface area contributed by atoms with Gasteiger partial charge in [-0.2, -0.15) is 0 Å². The summed E-state index contributed by atoms with van der Waals surface area (Å²) >= 11 is 0. The summed E-state index contributed by atoms with van der Waals surface area (Å²) in [7, 11) is 0. The van der Waals surface area contributed by atoms with E-state index < -0.39 is 0 Å². The molecule has 21 heavy (non-hydrogen) atoms. The Morgan fingerprint density at radius 2 is 1.81 bits per heavy atom. The lowest BCUT2D eigenvalue weighted by molar-refractivity contribution is -0.151. The zero-order chi connectivity index (χ0) is 15.6. The van der Waals surface area contributed by atoms with E-state index >= 15 is 0 Å². The van der Waals surface area contributed by atoms with Crippen LogP contribution < -0.4 is 5.32 Å². The van der Waals surface area contributed by atoms with Gasteiger partial charge in [0.2, 0.25) is 11.8 Å². The van der Waals surface area contributed by atoms with Crippen LogP contribution in [-0.4, -0.2) is 35.3 Å². The van der Waals surface area contributed by atoms with Crippen LogP contribution in [0, 0.1) is 17.8 Å². The minimum atomic E-state index is -0.345. The summed E-state index contributed by atoms with van der Waals surface area (Å²) in [6, 6.07) is -0.616. The van der Waals surface area contributed by atoms with Crippen molar-refractivity contribution in [2.45, 2.75) is 71.9 Å². The Labute approximate surface area is 128 Å². The van der Waals surface area contributed by atoms with Gasteiger partial charge in [0.05, 0.1) is 0 Å². The van der Waals surface area contributed by atoms with Crippen molar-refractivity contribution in [3.05, 3.63) is 0 Å². The number of nitrogens with one attached hydrogen (secondary N) is 1. The Bertz CT molecular complexity index is 386. The number of nitrogens with zero attached hydrogens (tertiary/aromatic N) is 1. The molecule has 120 valence electrons. The molecule has 2 amide bonds. The highest BCUT2D eigenvalue weighted by atomic mass is 16.2. The van der Waals surface area contributed by atoms with Crippen LogP contribution in [0.25, 0.3) is 0 Å². The number of hydrogen-bond acceptors (Lipinski definition) is 2. The van der Waals surface area contributed by atoms with Gasteiger partial charge in [-0.3, -0.25) is 9.59 Å². The molecule has 1 aliphatic carbocycles. The monoisotopic (exact) mass is 294 g/mol. The van der Waals surface area contributed by atoms with Crippen LogP contribution >= 0.6 is 0 Å². The van der Waals surface area contributed by atoms with Crippen molar-refractivity contribution in [3.8, 4) is 0 Å². The summed E-state index contributed by atoms with van der Waals surface area (Å²) in [4.78, 5) is 26.9. The van der Waals surface area contributed by atoms with E-state index in [1.165, 1.54) is 25.7 Å². The van der Waals surface area contributed by atoms with E-state index in [0.29, 0.717) is 12.3 Å². The predicted molar refractivity (Wildman–Crippen MR) is 83.7 cm³/mol. The molecule has 2 fully saturated rings. The first-order chi connectivity index (χ1) is 9.93. The van der Waals surface area contributed by atoms with Gasteiger partial charge in [-0.1, -0.05) is 40.5 Å². The van der Waals surface area contributed by atoms with Crippen molar-refractivity contribution in [3.63, 3.8) is 0 Å². The van der Waals surface area contributed by atoms with Gasteiger partial charge in [0, 0.05) is 6.54 Å². The average Bonchev–Trinajstić information content (AvgIpc) is 2.44.